The molecule has 82 valence electrons. The number of oxime groups is 1. The van der Waals surface area contributed by atoms with Crippen LogP contribution in [-0.2, 0) is 0 Å². The van der Waals surface area contributed by atoms with Gasteiger partial charge in [0.05, 0.1) is 17.2 Å². The third-order valence-electron chi connectivity index (χ3n) is 1.67. The van der Waals surface area contributed by atoms with Gasteiger partial charge in [0.2, 0.25) is 0 Å². The standard InChI is InChI=1S/C8H12N4O2S/c1-4-7(15-5(2)11-4)8(13)10-3-6(9)12-14/h14H,3H2,1-2H3,(H2,9,12)(H,10,13). The summed E-state index contributed by atoms with van der Waals surface area (Å²) >= 11 is 1.32. The topological polar surface area (TPSA) is 101 Å². The van der Waals surface area contributed by atoms with Crippen LogP contribution in [0.25, 0.3) is 0 Å². The molecule has 7 heteroatoms. The minimum Gasteiger partial charge on any atom is -0.409 e. The van der Waals surface area contributed by atoms with E-state index in [1.165, 1.54) is 11.3 Å². The fourth-order valence-electron chi connectivity index (χ4n) is 1.03. The third kappa shape index (κ3) is 2.91. The monoisotopic (exact) mass is 228 g/mol. The summed E-state index contributed by atoms with van der Waals surface area (Å²) in [5.41, 5.74) is 5.91. The van der Waals surface area contributed by atoms with Crippen molar-refractivity contribution in [2.45, 2.75) is 13.8 Å². The van der Waals surface area contributed by atoms with E-state index in [4.69, 9.17) is 10.9 Å². The van der Waals surface area contributed by atoms with Gasteiger partial charge in [-0.3, -0.25) is 4.79 Å². The van der Waals surface area contributed by atoms with E-state index in [0.29, 0.717) is 10.6 Å². The van der Waals surface area contributed by atoms with E-state index < -0.39 is 0 Å². The molecule has 0 aliphatic carbocycles. The SMILES string of the molecule is Cc1nc(C)c(C(=O)NCC(N)=NO)s1. The highest BCUT2D eigenvalue weighted by Crippen LogP contribution is 2.16. The van der Waals surface area contributed by atoms with Gasteiger partial charge in [-0.2, -0.15) is 0 Å². The first-order valence-corrected chi connectivity index (χ1v) is 5.05. The number of nitrogens with zero attached hydrogens (tertiary/aromatic N) is 2. The van der Waals surface area contributed by atoms with E-state index >= 15 is 0 Å². The van der Waals surface area contributed by atoms with Gasteiger partial charge in [0.1, 0.15) is 4.88 Å². The van der Waals surface area contributed by atoms with Crippen LogP contribution < -0.4 is 11.1 Å². The van der Waals surface area contributed by atoms with E-state index in [1.54, 1.807) is 6.92 Å². The van der Waals surface area contributed by atoms with Crippen molar-refractivity contribution in [1.82, 2.24) is 10.3 Å². The number of amidine groups is 1. The molecule has 4 N–H and O–H groups in total. The van der Waals surface area contributed by atoms with E-state index in [-0.39, 0.29) is 18.3 Å². The van der Waals surface area contributed by atoms with Crippen LogP contribution in [0.1, 0.15) is 20.4 Å². The Kier molecular flexibility index (Phi) is 3.62. The molecule has 0 saturated heterocycles. The van der Waals surface area contributed by atoms with Crippen LogP contribution in [0.15, 0.2) is 5.16 Å². The number of aryl methyl sites for hydroxylation is 2. The van der Waals surface area contributed by atoms with Crippen LogP contribution in [0.5, 0.6) is 0 Å². The maximum absolute atomic E-state index is 11.6. The number of carbonyl (C=O) groups excluding carboxylic acids is 1. The minimum absolute atomic E-state index is 0.0196. The van der Waals surface area contributed by atoms with Crippen molar-refractivity contribution in [1.29, 1.82) is 0 Å². The average Bonchev–Trinajstić information content (AvgIpc) is 2.53. The molecule has 0 aromatic carbocycles. The quantitative estimate of drug-likeness (QED) is 0.298. The molecule has 0 saturated carbocycles. The number of rotatable bonds is 3. The van der Waals surface area contributed by atoms with Crippen molar-refractivity contribution in [3.05, 3.63) is 15.6 Å². The zero-order valence-electron chi connectivity index (χ0n) is 8.44. The molecule has 0 aliphatic rings. The highest BCUT2D eigenvalue weighted by atomic mass is 32.1. The van der Waals surface area contributed by atoms with Gasteiger partial charge in [-0.1, -0.05) is 5.16 Å². The van der Waals surface area contributed by atoms with Crippen LogP contribution >= 0.6 is 11.3 Å². The second-order valence-electron chi connectivity index (χ2n) is 2.92. The van der Waals surface area contributed by atoms with Gasteiger partial charge < -0.3 is 16.3 Å². The molecule has 0 bridgehead atoms. The molecule has 1 aromatic heterocycles. The van der Waals surface area contributed by atoms with E-state index in [9.17, 15) is 4.79 Å². The molecule has 0 spiro atoms. The smallest absolute Gasteiger partial charge is 0.263 e. The lowest BCUT2D eigenvalue weighted by atomic mass is 10.3. The summed E-state index contributed by atoms with van der Waals surface area (Å²) in [5, 5.41) is 14.4. The van der Waals surface area contributed by atoms with Crippen molar-refractivity contribution in [2.24, 2.45) is 10.9 Å². The Bertz CT molecular complexity index is 399. The second kappa shape index (κ2) is 4.74. The number of nitrogens with one attached hydrogen (secondary N) is 1. The predicted octanol–water partition coefficient (Wildman–Crippen LogP) is 0.236. The van der Waals surface area contributed by atoms with Gasteiger partial charge in [-0.15, -0.1) is 11.3 Å². The van der Waals surface area contributed by atoms with Crippen LogP contribution in [0.3, 0.4) is 0 Å². The van der Waals surface area contributed by atoms with Crippen LogP contribution in [0, 0.1) is 13.8 Å². The fraction of sp³-hybridized carbons (Fsp3) is 0.375. The van der Waals surface area contributed by atoms with E-state index in [0.717, 1.165) is 5.01 Å². The number of thiazole rings is 1. The van der Waals surface area contributed by atoms with Gasteiger partial charge >= 0.3 is 0 Å². The van der Waals surface area contributed by atoms with Gasteiger partial charge in [0, 0.05) is 0 Å². The molecule has 0 aliphatic heterocycles. The first-order chi connectivity index (χ1) is 7.04. The molecular formula is C8H12N4O2S. The maximum atomic E-state index is 11.6. The highest BCUT2D eigenvalue weighted by molar-refractivity contribution is 7.13. The van der Waals surface area contributed by atoms with Crippen molar-refractivity contribution in [2.75, 3.05) is 6.54 Å². The van der Waals surface area contributed by atoms with Gasteiger partial charge in [0.15, 0.2) is 5.84 Å². The Morgan fingerprint density at radius 3 is 2.80 bits per heavy atom. The molecule has 1 heterocycles. The average molecular weight is 228 g/mol. The second-order valence-corrected chi connectivity index (χ2v) is 4.12. The first kappa shape index (κ1) is 11.4. The van der Waals surface area contributed by atoms with Crippen LogP contribution in [0.4, 0.5) is 0 Å². The lowest BCUT2D eigenvalue weighted by Crippen LogP contribution is -2.33. The Balaban J connectivity index is 2.66. The van der Waals surface area contributed by atoms with E-state index in [2.05, 4.69) is 15.5 Å². The minimum atomic E-state index is -0.260. The molecule has 1 aromatic rings. The molecule has 15 heavy (non-hydrogen) atoms. The van der Waals surface area contributed by atoms with Crippen molar-refractivity contribution < 1.29 is 10.0 Å². The molecule has 6 nitrogen and oxygen atoms in total. The summed E-state index contributed by atoms with van der Waals surface area (Å²) in [6.45, 7) is 3.62. The number of hydrogen-bond acceptors (Lipinski definition) is 5. The van der Waals surface area contributed by atoms with Crippen LogP contribution in [-0.4, -0.2) is 28.5 Å². The molecular weight excluding hydrogens is 216 g/mol. The van der Waals surface area contributed by atoms with Gasteiger partial charge in [-0.25, -0.2) is 4.98 Å². The zero-order valence-corrected chi connectivity index (χ0v) is 9.26. The van der Waals surface area contributed by atoms with Crippen molar-refractivity contribution in [3.63, 3.8) is 0 Å². The maximum Gasteiger partial charge on any atom is 0.263 e. The Hall–Kier alpha value is -1.63. The molecule has 0 fully saturated rings. The third-order valence-corrected chi connectivity index (χ3v) is 2.74. The summed E-state index contributed by atoms with van der Waals surface area (Å²) in [6.07, 6.45) is 0. The molecule has 0 radical (unpaired) electrons. The molecule has 0 unspecified atom stereocenters. The molecule has 1 rings (SSSR count). The molecule has 0 atom stereocenters. The first-order valence-electron chi connectivity index (χ1n) is 4.23. The number of aromatic nitrogens is 1. The summed E-state index contributed by atoms with van der Waals surface area (Å²) in [6, 6.07) is 0. The van der Waals surface area contributed by atoms with Crippen molar-refractivity contribution in [3.8, 4) is 0 Å². The number of nitrogens with two attached hydrogens (primary N) is 1. The summed E-state index contributed by atoms with van der Waals surface area (Å²) in [5.74, 6) is -0.299. The summed E-state index contributed by atoms with van der Waals surface area (Å²) in [7, 11) is 0. The number of amides is 1. The lowest BCUT2D eigenvalue weighted by molar-refractivity contribution is 0.0962. The molecule has 1 amide bonds. The van der Waals surface area contributed by atoms with E-state index in [1.807, 2.05) is 6.92 Å². The van der Waals surface area contributed by atoms with Crippen molar-refractivity contribution >= 4 is 23.1 Å². The number of carbonyl (C=O) groups is 1. The zero-order chi connectivity index (χ0) is 11.4. The number of hydrogen-bond donors (Lipinski definition) is 3. The summed E-state index contributed by atoms with van der Waals surface area (Å²) in [4.78, 5) is 16.2. The normalized spacial score (nSPS) is 11.5. The Morgan fingerprint density at radius 2 is 2.33 bits per heavy atom. The largest absolute Gasteiger partial charge is 0.409 e. The van der Waals surface area contributed by atoms with Crippen LogP contribution in [0.2, 0.25) is 0 Å². The lowest BCUT2D eigenvalue weighted by Gasteiger charge is -2.01. The predicted molar refractivity (Wildman–Crippen MR) is 57.3 cm³/mol. The van der Waals surface area contributed by atoms with Gasteiger partial charge in [-0.05, 0) is 13.8 Å². The fourth-order valence-corrected chi connectivity index (χ4v) is 1.86. The Labute approximate surface area is 90.8 Å². The highest BCUT2D eigenvalue weighted by Gasteiger charge is 2.13. The Morgan fingerprint density at radius 1 is 1.67 bits per heavy atom. The summed E-state index contributed by atoms with van der Waals surface area (Å²) < 4.78 is 0. The van der Waals surface area contributed by atoms with Gasteiger partial charge in [0.25, 0.3) is 5.91 Å².